The molecule has 114 valence electrons. The Hall–Kier alpha value is -1.94. The van der Waals surface area contributed by atoms with Gasteiger partial charge in [0.1, 0.15) is 0 Å². The lowest BCUT2D eigenvalue weighted by molar-refractivity contribution is 0.0711. The number of carbonyl (C=O) groups is 1. The number of nitrogens with one attached hydrogen (secondary N) is 1. The molecule has 1 aromatic heterocycles. The van der Waals surface area contributed by atoms with Crippen LogP contribution in [0.5, 0.6) is 0 Å². The number of carbonyl (C=O) groups excluding carboxylic acids is 1. The number of hydrogen-bond donors (Lipinski definition) is 1. The smallest absolute Gasteiger partial charge is 0.254 e. The second kappa shape index (κ2) is 5.36. The minimum absolute atomic E-state index is 0.147. The molecule has 0 spiro atoms. The zero-order valence-corrected chi connectivity index (χ0v) is 12.9. The van der Waals surface area contributed by atoms with E-state index in [1.54, 1.807) is 0 Å². The lowest BCUT2D eigenvalue weighted by Crippen LogP contribution is -2.51. The topological polar surface area (TPSA) is 45.2 Å². The maximum atomic E-state index is 13.0. The normalized spacial score (nSPS) is 22.0. The maximum Gasteiger partial charge on any atom is 0.254 e. The van der Waals surface area contributed by atoms with E-state index in [2.05, 4.69) is 12.2 Å². The molecule has 1 saturated heterocycles. The highest BCUT2D eigenvalue weighted by atomic mass is 16.2. The fourth-order valence-corrected chi connectivity index (χ4v) is 3.25. The summed E-state index contributed by atoms with van der Waals surface area (Å²) in [6.45, 7) is 4.54. The molecule has 4 nitrogen and oxygen atoms in total. The molecule has 2 aliphatic rings. The monoisotopic (exact) mass is 295 g/mol. The molecule has 0 radical (unpaired) electrons. The molecule has 4 rings (SSSR count). The van der Waals surface area contributed by atoms with Gasteiger partial charge in [0, 0.05) is 42.7 Å². The third-order valence-electron chi connectivity index (χ3n) is 4.62. The first-order valence-electron chi connectivity index (χ1n) is 8.15. The Morgan fingerprint density at radius 3 is 2.91 bits per heavy atom. The highest BCUT2D eigenvalue weighted by molar-refractivity contribution is 6.06. The number of amides is 1. The molecule has 1 aliphatic carbocycles. The van der Waals surface area contributed by atoms with Crippen LogP contribution in [0.4, 0.5) is 0 Å². The molecule has 0 bridgehead atoms. The summed E-state index contributed by atoms with van der Waals surface area (Å²) in [4.78, 5) is 19.8. The van der Waals surface area contributed by atoms with Crippen LogP contribution in [0.15, 0.2) is 30.3 Å². The first-order chi connectivity index (χ1) is 10.7. The Morgan fingerprint density at radius 2 is 2.14 bits per heavy atom. The molecule has 1 atom stereocenters. The maximum absolute atomic E-state index is 13.0. The van der Waals surface area contributed by atoms with E-state index in [1.807, 2.05) is 35.2 Å². The highest BCUT2D eigenvalue weighted by Gasteiger charge is 2.28. The van der Waals surface area contributed by atoms with Gasteiger partial charge in [0.2, 0.25) is 0 Å². The summed E-state index contributed by atoms with van der Waals surface area (Å²) in [7, 11) is 0. The number of rotatable bonds is 2. The molecular weight excluding hydrogens is 274 g/mol. The van der Waals surface area contributed by atoms with Crippen LogP contribution in [-0.2, 0) is 0 Å². The largest absolute Gasteiger partial charge is 0.336 e. The van der Waals surface area contributed by atoms with Gasteiger partial charge in [0.05, 0.1) is 11.1 Å². The van der Waals surface area contributed by atoms with Crippen molar-refractivity contribution in [2.45, 2.75) is 31.7 Å². The van der Waals surface area contributed by atoms with Crippen molar-refractivity contribution in [3.8, 4) is 0 Å². The van der Waals surface area contributed by atoms with E-state index in [0.29, 0.717) is 12.0 Å². The number of pyridine rings is 1. The van der Waals surface area contributed by atoms with Crippen molar-refractivity contribution in [2.75, 3.05) is 19.6 Å². The van der Waals surface area contributed by atoms with E-state index >= 15 is 0 Å². The standard InChI is InChI=1S/C18H21N3O/c1-12-11-21(9-8-19-12)18(22)15-10-17(13-6-7-13)20-16-5-3-2-4-14(15)16/h2-5,10,12-13,19H,6-9,11H2,1H3. The van der Waals surface area contributed by atoms with E-state index < -0.39 is 0 Å². The van der Waals surface area contributed by atoms with Crippen molar-refractivity contribution in [3.63, 3.8) is 0 Å². The molecule has 2 fully saturated rings. The SMILES string of the molecule is CC1CN(C(=O)c2cc(C3CC3)nc3ccccc23)CCN1. The number of aromatic nitrogens is 1. The highest BCUT2D eigenvalue weighted by Crippen LogP contribution is 2.40. The summed E-state index contributed by atoms with van der Waals surface area (Å²) in [5.41, 5.74) is 2.85. The third kappa shape index (κ3) is 2.48. The Balaban J connectivity index is 1.77. The number of hydrogen-bond acceptors (Lipinski definition) is 3. The van der Waals surface area contributed by atoms with E-state index in [-0.39, 0.29) is 5.91 Å². The van der Waals surface area contributed by atoms with Gasteiger partial charge in [-0.3, -0.25) is 9.78 Å². The van der Waals surface area contributed by atoms with E-state index in [4.69, 9.17) is 4.98 Å². The first kappa shape index (κ1) is 13.7. The average molecular weight is 295 g/mol. The second-order valence-corrected chi connectivity index (χ2v) is 6.49. The van der Waals surface area contributed by atoms with Gasteiger partial charge in [-0.2, -0.15) is 0 Å². The van der Waals surface area contributed by atoms with Gasteiger partial charge < -0.3 is 10.2 Å². The Kier molecular flexibility index (Phi) is 3.34. The van der Waals surface area contributed by atoms with Crippen LogP contribution in [0, 0.1) is 0 Å². The van der Waals surface area contributed by atoms with E-state index in [0.717, 1.165) is 41.8 Å². The molecule has 1 amide bonds. The lowest BCUT2D eigenvalue weighted by atomic mass is 10.0. The van der Waals surface area contributed by atoms with Crippen LogP contribution in [0.25, 0.3) is 10.9 Å². The number of benzene rings is 1. The molecule has 1 aromatic carbocycles. The first-order valence-corrected chi connectivity index (χ1v) is 8.15. The van der Waals surface area contributed by atoms with Crippen molar-refractivity contribution < 1.29 is 4.79 Å². The zero-order chi connectivity index (χ0) is 15.1. The van der Waals surface area contributed by atoms with Crippen LogP contribution in [0.3, 0.4) is 0 Å². The summed E-state index contributed by atoms with van der Waals surface area (Å²) < 4.78 is 0. The minimum Gasteiger partial charge on any atom is -0.336 e. The number of fused-ring (bicyclic) bond motifs is 1. The number of para-hydroxylation sites is 1. The van der Waals surface area contributed by atoms with Crippen LogP contribution in [-0.4, -0.2) is 41.5 Å². The van der Waals surface area contributed by atoms with Crippen molar-refractivity contribution in [2.24, 2.45) is 0 Å². The van der Waals surface area contributed by atoms with Crippen LogP contribution < -0.4 is 5.32 Å². The van der Waals surface area contributed by atoms with Crippen molar-refractivity contribution in [1.82, 2.24) is 15.2 Å². The molecule has 1 N–H and O–H groups in total. The Morgan fingerprint density at radius 1 is 1.32 bits per heavy atom. The zero-order valence-electron chi connectivity index (χ0n) is 12.9. The quantitative estimate of drug-likeness (QED) is 0.926. The fraction of sp³-hybridized carbons (Fsp3) is 0.444. The van der Waals surface area contributed by atoms with Crippen molar-refractivity contribution in [3.05, 3.63) is 41.6 Å². The van der Waals surface area contributed by atoms with Gasteiger partial charge in [0.25, 0.3) is 5.91 Å². The minimum atomic E-state index is 0.147. The van der Waals surface area contributed by atoms with Gasteiger partial charge in [-0.25, -0.2) is 0 Å². The molecule has 4 heteroatoms. The predicted octanol–water partition coefficient (Wildman–Crippen LogP) is 2.55. The molecule has 1 saturated carbocycles. The summed E-state index contributed by atoms with van der Waals surface area (Å²) in [5, 5.41) is 4.36. The average Bonchev–Trinajstić information content (AvgIpc) is 3.38. The molecule has 1 unspecified atom stereocenters. The predicted molar refractivity (Wildman–Crippen MR) is 87.1 cm³/mol. The Bertz CT molecular complexity index is 723. The lowest BCUT2D eigenvalue weighted by Gasteiger charge is -2.32. The van der Waals surface area contributed by atoms with Crippen LogP contribution >= 0.6 is 0 Å². The van der Waals surface area contributed by atoms with Gasteiger partial charge in [-0.1, -0.05) is 18.2 Å². The van der Waals surface area contributed by atoms with Crippen molar-refractivity contribution >= 4 is 16.8 Å². The summed E-state index contributed by atoms with van der Waals surface area (Å²) in [5.74, 6) is 0.701. The van der Waals surface area contributed by atoms with E-state index in [9.17, 15) is 4.79 Å². The van der Waals surface area contributed by atoms with Gasteiger partial charge in [-0.15, -0.1) is 0 Å². The molecular formula is C18H21N3O. The molecule has 2 heterocycles. The molecule has 22 heavy (non-hydrogen) atoms. The van der Waals surface area contributed by atoms with E-state index in [1.165, 1.54) is 12.8 Å². The second-order valence-electron chi connectivity index (χ2n) is 6.49. The fourth-order valence-electron chi connectivity index (χ4n) is 3.25. The van der Waals surface area contributed by atoms with Crippen LogP contribution in [0.2, 0.25) is 0 Å². The van der Waals surface area contributed by atoms with Gasteiger partial charge >= 0.3 is 0 Å². The number of nitrogens with zero attached hydrogens (tertiary/aromatic N) is 2. The Labute approximate surface area is 130 Å². The third-order valence-corrected chi connectivity index (χ3v) is 4.62. The van der Waals surface area contributed by atoms with Crippen molar-refractivity contribution in [1.29, 1.82) is 0 Å². The summed E-state index contributed by atoms with van der Waals surface area (Å²) in [6.07, 6.45) is 2.40. The van der Waals surface area contributed by atoms with Gasteiger partial charge in [-0.05, 0) is 31.9 Å². The molecule has 2 aromatic rings. The number of piperazine rings is 1. The summed E-state index contributed by atoms with van der Waals surface area (Å²) in [6, 6.07) is 10.4. The van der Waals surface area contributed by atoms with Gasteiger partial charge in [0.15, 0.2) is 0 Å². The van der Waals surface area contributed by atoms with Crippen LogP contribution in [0.1, 0.15) is 41.7 Å². The molecule has 1 aliphatic heterocycles. The summed E-state index contributed by atoms with van der Waals surface area (Å²) >= 11 is 0.